The highest BCUT2D eigenvalue weighted by atomic mass is 35.5. The van der Waals surface area contributed by atoms with Crippen molar-refractivity contribution in [2.75, 3.05) is 6.54 Å². The van der Waals surface area contributed by atoms with Gasteiger partial charge in [0.2, 0.25) is 0 Å². The van der Waals surface area contributed by atoms with Crippen LogP contribution < -0.4 is 10.6 Å². The lowest BCUT2D eigenvalue weighted by Gasteiger charge is -2.14. The molecule has 2 amide bonds. The summed E-state index contributed by atoms with van der Waals surface area (Å²) < 4.78 is 0. The Morgan fingerprint density at radius 1 is 1.40 bits per heavy atom. The first-order valence-electron chi connectivity index (χ1n) is 6.61. The van der Waals surface area contributed by atoms with Gasteiger partial charge in [-0.3, -0.25) is 4.79 Å². The van der Waals surface area contributed by atoms with E-state index in [9.17, 15) is 9.59 Å². The van der Waals surface area contributed by atoms with Gasteiger partial charge in [0.25, 0.3) is 0 Å². The molecule has 0 bridgehead atoms. The first-order chi connectivity index (χ1) is 9.56. The lowest BCUT2D eigenvalue weighted by Crippen LogP contribution is -2.37. The van der Waals surface area contributed by atoms with Gasteiger partial charge in [0, 0.05) is 18.0 Å². The Morgan fingerprint density at radius 2 is 2.20 bits per heavy atom. The fraction of sp³-hybridized carbons (Fsp3) is 0.429. The molecule has 5 nitrogen and oxygen atoms in total. The molecule has 0 spiro atoms. The summed E-state index contributed by atoms with van der Waals surface area (Å²) in [4.78, 5) is 22.1. The molecule has 0 saturated carbocycles. The molecule has 1 unspecified atom stereocenters. The molecule has 0 fully saturated rings. The van der Waals surface area contributed by atoms with Crippen LogP contribution in [0.1, 0.15) is 36.4 Å². The standard InChI is InChI=1S/C14H17ClN2O3/c15-10-4-5-11-9(8-10)3-6-12(11)17-14(20)16-7-1-2-13(18)19/h4-5,8,12H,1-3,6-7H2,(H,18,19)(H2,16,17,20). The van der Waals surface area contributed by atoms with Crippen LogP contribution in [0.25, 0.3) is 0 Å². The van der Waals surface area contributed by atoms with E-state index in [1.807, 2.05) is 18.2 Å². The molecule has 20 heavy (non-hydrogen) atoms. The lowest BCUT2D eigenvalue weighted by atomic mass is 10.1. The van der Waals surface area contributed by atoms with E-state index in [-0.39, 0.29) is 18.5 Å². The van der Waals surface area contributed by atoms with Gasteiger partial charge in [0.15, 0.2) is 0 Å². The number of nitrogens with one attached hydrogen (secondary N) is 2. The molecular formula is C14H17ClN2O3. The number of urea groups is 1. The molecule has 1 aromatic rings. The smallest absolute Gasteiger partial charge is 0.315 e. The van der Waals surface area contributed by atoms with Crippen molar-refractivity contribution in [3.05, 3.63) is 34.3 Å². The third-order valence-corrected chi connectivity index (χ3v) is 3.58. The molecule has 3 N–H and O–H groups in total. The van der Waals surface area contributed by atoms with Crippen molar-refractivity contribution in [2.45, 2.75) is 31.7 Å². The summed E-state index contributed by atoms with van der Waals surface area (Å²) >= 11 is 5.94. The second-order valence-corrected chi connectivity index (χ2v) is 5.27. The number of carboxylic acids is 1. The van der Waals surface area contributed by atoms with Crippen LogP contribution in [0.15, 0.2) is 18.2 Å². The van der Waals surface area contributed by atoms with Crippen LogP contribution in [0.4, 0.5) is 4.79 Å². The van der Waals surface area contributed by atoms with Crippen LogP contribution in [0.3, 0.4) is 0 Å². The van der Waals surface area contributed by atoms with Crippen LogP contribution in [-0.2, 0) is 11.2 Å². The van der Waals surface area contributed by atoms with Gasteiger partial charge in [-0.15, -0.1) is 0 Å². The predicted octanol–water partition coefficient (Wildman–Crippen LogP) is 2.49. The summed E-state index contributed by atoms with van der Waals surface area (Å²) in [5, 5.41) is 14.8. The number of carboxylic acid groups (broad SMARTS) is 1. The van der Waals surface area contributed by atoms with E-state index < -0.39 is 5.97 Å². The van der Waals surface area contributed by atoms with Crippen molar-refractivity contribution in [2.24, 2.45) is 0 Å². The molecule has 0 aromatic heterocycles. The van der Waals surface area contributed by atoms with Crippen LogP contribution in [0.5, 0.6) is 0 Å². The molecular weight excluding hydrogens is 280 g/mol. The number of hydrogen-bond donors (Lipinski definition) is 3. The van der Waals surface area contributed by atoms with Crippen molar-refractivity contribution in [1.29, 1.82) is 0 Å². The van der Waals surface area contributed by atoms with Gasteiger partial charge in [-0.05, 0) is 42.5 Å². The lowest BCUT2D eigenvalue weighted by molar-refractivity contribution is -0.137. The van der Waals surface area contributed by atoms with Gasteiger partial charge in [0.05, 0.1) is 6.04 Å². The number of halogens is 1. The van der Waals surface area contributed by atoms with Crippen molar-refractivity contribution < 1.29 is 14.7 Å². The number of amides is 2. The highest BCUT2D eigenvalue weighted by Crippen LogP contribution is 2.32. The van der Waals surface area contributed by atoms with Crippen LogP contribution in [0.2, 0.25) is 5.02 Å². The fourth-order valence-electron chi connectivity index (χ4n) is 2.39. The average molecular weight is 297 g/mol. The van der Waals surface area contributed by atoms with Crippen LogP contribution >= 0.6 is 11.6 Å². The highest BCUT2D eigenvalue weighted by molar-refractivity contribution is 6.30. The molecule has 1 aliphatic rings. The Labute approximate surface area is 122 Å². The Kier molecular flexibility index (Phi) is 4.84. The minimum absolute atomic E-state index is 0.00161. The van der Waals surface area contributed by atoms with Gasteiger partial charge in [-0.2, -0.15) is 0 Å². The number of carbonyl (C=O) groups is 2. The van der Waals surface area contributed by atoms with Crippen molar-refractivity contribution in [3.63, 3.8) is 0 Å². The van der Waals surface area contributed by atoms with E-state index in [0.29, 0.717) is 18.0 Å². The summed E-state index contributed by atoms with van der Waals surface area (Å²) in [7, 11) is 0. The zero-order valence-electron chi connectivity index (χ0n) is 11.0. The number of hydrogen-bond acceptors (Lipinski definition) is 2. The summed E-state index contributed by atoms with van der Waals surface area (Å²) in [5.74, 6) is -0.853. The zero-order chi connectivity index (χ0) is 14.5. The summed E-state index contributed by atoms with van der Waals surface area (Å²) in [6.07, 6.45) is 2.25. The molecule has 1 aromatic carbocycles. The van der Waals surface area contributed by atoms with Gasteiger partial charge >= 0.3 is 12.0 Å². The Hall–Kier alpha value is -1.75. The molecule has 108 valence electrons. The van der Waals surface area contributed by atoms with Gasteiger partial charge in [0.1, 0.15) is 0 Å². The van der Waals surface area contributed by atoms with E-state index >= 15 is 0 Å². The average Bonchev–Trinajstić information content (AvgIpc) is 2.77. The first kappa shape index (κ1) is 14.7. The number of carbonyl (C=O) groups excluding carboxylic acids is 1. The number of rotatable bonds is 5. The van der Waals surface area contributed by atoms with E-state index in [4.69, 9.17) is 16.7 Å². The van der Waals surface area contributed by atoms with Gasteiger partial charge in [-0.25, -0.2) is 4.79 Å². The number of benzene rings is 1. The molecule has 6 heteroatoms. The highest BCUT2D eigenvalue weighted by Gasteiger charge is 2.23. The molecule has 0 aliphatic heterocycles. The van der Waals surface area contributed by atoms with Crippen molar-refractivity contribution in [1.82, 2.24) is 10.6 Å². The van der Waals surface area contributed by atoms with Crippen molar-refractivity contribution >= 4 is 23.6 Å². The summed E-state index contributed by atoms with van der Waals surface area (Å²) in [6, 6.07) is 5.44. The van der Waals surface area contributed by atoms with E-state index in [1.54, 1.807) is 0 Å². The summed E-state index contributed by atoms with van der Waals surface area (Å²) in [6.45, 7) is 0.359. The molecule has 0 radical (unpaired) electrons. The largest absolute Gasteiger partial charge is 0.481 e. The van der Waals surface area contributed by atoms with Gasteiger partial charge < -0.3 is 15.7 Å². The number of aryl methyl sites for hydroxylation is 1. The van der Waals surface area contributed by atoms with Crippen LogP contribution in [-0.4, -0.2) is 23.7 Å². The quantitative estimate of drug-likeness (QED) is 0.731. The second-order valence-electron chi connectivity index (χ2n) is 4.83. The molecule has 2 rings (SSSR count). The molecule has 0 heterocycles. The minimum Gasteiger partial charge on any atom is -0.481 e. The number of fused-ring (bicyclic) bond motifs is 1. The maximum Gasteiger partial charge on any atom is 0.315 e. The zero-order valence-corrected chi connectivity index (χ0v) is 11.7. The molecule has 1 atom stereocenters. The minimum atomic E-state index is -0.853. The monoisotopic (exact) mass is 296 g/mol. The topological polar surface area (TPSA) is 78.4 Å². The van der Waals surface area contributed by atoms with E-state index in [2.05, 4.69) is 10.6 Å². The summed E-state index contributed by atoms with van der Waals surface area (Å²) in [5.41, 5.74) is 2.28. The Bertz CT molecular complexity index is 519. The van der Waals surface area contributed by atoms with Crippen molar-refractivity contribution in [3.8, 4) is 0 Å². The fourth-order valence-corrected chi connectivity index (χ4v) is 2.58. The normalized spacial score (nSPS) is 16.6. The molecule has 1 aliphatic carbocycles. The maximum absolute atomic E-state index is 11.7. The van der Waals surface area contributed by atoms with Gasteiger partial charge in [-0.1, -0.05) is 17.7 Å². The third-order valence-electron chi connectivity index (χ3n) is 3.34. The predicted molar refractivity (Wildman–Crippen MR) is 75.9 cm³/mol. The van der Waals surface area contributed by atoms with Crippen LogP contribution in [0, 0.1) is 0 Å². The maximum atomic E-state index is 11.7. The SMILES string of the molecule is O=C(O)CCCNC(=O)NC1CCc2cc(Cl)ccc21. The Balaban J connectivity index is 1.80. The van der Waals surface area contributed by atoms with E-state index in [1.165, 1.54) is 5.56 Å². The molecule has 0 saturated heterocycles. The third kappa shape index (κ3) is 3.87. The van der Waals surface area contributed by atoms with E-state index in [0.717, 1.165) is 18.4 Å². The number of aliphatic carboxylic acids is 1. The second kappa shape index (κ2) is 6.61. The first-order valence-corrected chi connectivity index (χ1v) is 6.98. The Morgan fingerprint density at radius 3 is 2.95 bits per heavy atom.